The number of rotatable bonds is 4. The fraction of sp³-hybridized carbons (Fsp3) is 0.562. The second-order valence-electron chi connectivity index (χ2n) is 5.63. The predicted molar refractivity (Wildman–Crippen MR) is 84.4 cm³/mol. The maximum absolute atomic E-state index is 12.5. The number of hydrogen-bond acceptors (Lipinski definition) is 4. The van der Waals surface area contributed by atoms with Gasteiger partial charge in [0.25, 0.3) is 0 Å². The lowest BCUT2D eigenvalue weighted by Crippen LogP contribution is -2.59. The molecule has 0 atom stereocenters. The van der Waals surface area contributed by atoms with Crippen molar-refractivity contribution in [1.82, 2.24) is 4.90 Å². The van der Waals surface area contributed by atoms with Crippen LogP contribution in [-0.2, 0) is 4.79 Å². The highest BCUT2D eigenvalue weighted by atomic mass is 16.3. The zero-order chi connectivity index (χ0) is 15.5. The van der Waals surface area contributed by atoms with E-state index in [0.29, 0.717) is 39.0 Å². The Bertz CT molecular complexity index is 492. The standard InChI is InChI=1S/C16H25N3O2/c1-3-16(17,4-2)15(21)19-11-9-18(10-12-19)13-7-5-6-8-14(13)20/h5-8,20H,3-4,9-12,17H2,1-2H3. The smallest absolute Gasteiger partial charge is 0.242 e. The van der Waals surface area contributed by atoms with Gasteiger partial charge in [-0.1, -0.05) is 26.0 Å². The predicted octanol–water partition coefficient (Wildman–Crippen LogP) is 1.56. The second-order valence-corrected chi connectivity index (χ2v) is 5.63. The van der Waals surface area contributed by atoms with Crippen LogP contribution in [0.1, 0.15) is 26.7 Å². The number of carbonyl (C=O) groups excluding carboxylic acids is 1. The largest absolute Gasteiger partial charge is 0.506 e. The Labute approximate surface area is 126 Å². The molecule has 2 rings (SSSR count). The normalized spacial score (nSPS) is 16.1. The molecule has 0 unspecified atom stereocenters. The molecule has 21 heavy (non-hydrogen) atoms. The molecule has 1 aromatic carbocycles. The van der Waals surface area contributed by atoms with E-state index in [-0.39, 0.29) is 11.7 Å². The number of anilines is 1. The molecular weight excluding hydrogens is 266 g/mol. The molecule has 0 radical (unpaired) electrons. The quantitative estimate of drug-likeness (QED) is 0.883. The molecule has 1 aliphatic heterocycles. The van der Waals surface area contributed by atoms with Crippen molar-refractivity contribution in [3.63, 3.8) is 0 Å². The SMILES string of the molecule is CCC(N)(CC)C(=O)N1CCN(c2ccccc2O)CC1. The molecule has 0 aliphatic carbocycles. The van der Waals surface area contributed by atoms with Crippen molar-refractivity contribution < 1.29 is 9.90 Å². The molecule has 1 aliphatic rings. The monoisotopic (exact) mass is 291 g/mol. The molecule has 0 spiro atoms. The summed E-state index contributed by atoms with van der Waals surface area (Å²) >= 11 is 0. The van der Waals surface area contributed by atoms with E-state index in [2.05, 4.69) is 4.90 Å². The third-order valence-electron chi connectivity index (χ3n) is 4.48. The molecular formula is C16H25N3O2. The van der Waals surface area contributed by atoms with Gasteiger partial charge in [-0.3, -0.25) is 4.79 Å². The first-order valence-electron chi connectivity index (χ1n) is 7.63. The van der Waals surface area contributed by atoms with Crippen LogP contribution >= 0.6 is 0 Å². The Balaban J connectivity index is 2.01. The summed E-state index contributed by atoms with van der Waals surface area (Å²) in [7, 11) is 0. The Morgan fingerprint density at radius 3 is 2.29 bits per heavy atom. The van der Waals surface area contributed by atoms with E-state index in [0.717, 1.165) is 5.69 Å². The van der Waals surface area contributed by atoms with Gasteiger partial charge in [-0.05, 0) is 25.0 Å². The zero-order valence-electron chi connectivity index (χ0n) is 12.9. The van der Waals surface area contributed by atoms with E-state index < -0.39 is 5.54 Å². The van der Waals surface area contributed by atoms with Gasteiger partial charge in [-0.25, -0.2) is 0 Å². The van der Waals surface area contributed by atoms with Crippen molar-refractivity contribution >= 4 is 11.6 Å². The van der Waals surface area contributed by atoms with Gasteiger partial charge in [0.05, 0.1) is 11.2 Å². The van der Waals surface area contributed by atoms with Gasteiger partial charge in [-0.2, -0.15) is 0 Å². The van der Waals surface area contributed by atoms with Crippen LogP contribution in [0.3, 0.4) is 0 Å². The number of carbonyl (C=O) groups is 1. The van der Waals surface area contributed by atoms with Gasteiger partial charge in [0.15, 0.2) is 0 Å². The average Bonchev–Trinajstić information content (AvgIpc) is 2.54. The van der Waals surface area contributed by atoms with E-state index in [1.165, 1.54) is 0 Å². The van der Waals surface area contributed by atoms with Crippen molar-refractivity contribution in [2.24, 2.45) is 5.73 Å². The summed E-state index contributed by atoms with van der Waals surface area (Å²) in [6.07, 6.45) is 1.31. The summed E-state index contributed by atoms with van der Waals surface area (Å²) in [4.78, 5) is 16.5. The first kappa shape index (κ1) is 15.6. The van der Waals surface area contributed by atoms with E-state index >= 15 is 0 Å². The summed E-state index contributed by atoms with van der Waals surface area (Å²) in [6, 6.07) is 7.31. The molecule has 0 bridgehead atoms. The molecule has 116 valence electrons. The van der Waals surface area contributed by atoms with Crippen LogP contribution in [0.2, 0.25) is 0 Å². The molecule has 1 aromatic rings. The van der Waals surface area contributed by atoms with Crippen LogP contribution in [-0.4, -0.2) is 47.6 Å². The Morgan fingerprint density at radius 2 is 1.76 bits per heavy atom. The summed E-state index contributed by atoms with van der Waals surface area (Å²) < 4.78 is 0. The summed E-state index contributed by atoms with van der Waals surface area (Å²) in [5, 5.41) is 9.90. The maximum atomic E-state index is 12.5. The van der Waals surface area contributed by atoms with Gasteiger partial charge in [0.2, 0.25) is 5.91 Å². The molecule has 1 amide bonds. The van der Waals surface area contributed by atoms with Crippen LogP contribution < -0.4 is 10.6 Å². The Kier molecular flexibility index (Phi) is 4.73. The number of nitrogens with two attached hydrogens (primary N) is 1. The topological polar surface area (TPSA) is 69.8 Å². The van der Waals surface area contributed by atoms with Gasteiger partial charge < -0.3 is 20.6 Å². The summed E-state index contributed by atoms with van der Waals surface area (Å²) in [5.41, 5.74) is 6.29. The number of phenols is 1. The molecule has 0 aromatic heterocycles. The lowest BCUT2D eigenvalue weighted by Gasteiger charge is -2.40. The number of nitrogens with zero attached hydrogens (tertiary/aromatic N) is 2. The van der Waals surface area contributed by atoms with Gasteiger partial charge in [-0.15, -0.1) is 0 Å². The van der Waals surface area contributed by atoms with Crippen LogP contribution in [0.25, 0.3) is 0 Å². The minimum atomic E-state index is -0.739. The van der Waals surface area contributed by atoms with Crippen LogP contribution in [0.5, 0.6) is 5.75 Å². The average molecular weight is 291 g/mol. The van der Waals surface area contributed by atoms with Crippen molar-refractivity contribution in [2.45, 2.75) is 32.2 Å². The number of piperazine rings is 1. The summed E-state index contributed by atoms with van der Waals surface area (Å²) in [6.45, 7) is 6.64. The van der Waals surface area contributed by atoms with E-state index in [9.17, 15) is 9.90 Å². The van der Waals surface area contributed by atoms with E-state index in [1.807, 2.05) is 36.9 Å². The van der Waals surface area contributed by atoms with Crippen LogP contribution in [0.4, 0.5) is 5.69 Å². The van der Waals surface area contributed by atoms with E-state index in [1.54, 1.807) is 6.07 Å². The minimum absolute atomic E-state index is 0.0458. The van der Waals surface area contributed by atoms with Crippen LogP contribution in [0, 0.1) is 0 Å². The Morgan fingerprint density at radius 1 is 1.19 bits per heavy atom. The zero-order valence-corrected chi connectivity index (χ0v) is 12.9. The molecule has 5 nitrogen and oxygen atoms in total. The van der Waals surface area contributed by atoms with Gasteiger partial charge >= 0.3 is 0 Å². The molecule has 1 fully saturated rings. The maximum Gasteiger partial charge on any atom is 0.242 e. The number of benzene rings is 1. The molecule has 5 heteroatoms. The molecule has 0 saturated carbocycles. The summed E-state index contributed by atoms with van der Waals surface area (Å²) in [5.74, 6) is 0.331. The van der Waals surface area contributed by atoms with Crippen molar-refractivity contribution in [3.05, 3.63) is 24.3 Å². The fourth-order valence-corrected chi connectivity index (χ4v) is 2.75. The first-order chi connectivity index (χ1) is 10.0. The van der Waals surface area contributed by atoms with Gasteiger partial charge in [0, 0.05) is 26.2 Å². The first-order valence-corrected chi connectivity index (χ1v) is 7.63. The fourth-order valence-electron chi connectivity index (χ4n) is 2.75. The van der Waals surface area contributed by atoms with E-state index in [4.69, 9.17) is 5.73 Å². The van der Waals surface area contributed by atoms with Crippen molar-refractivity contribution in [2.75, 3.05) is 31.1 Å². The number of phenolic OH excluding ortho intramolecular Hbond substituents is 1. The number of amides is 1. The molecule has 1 heterocycles. The highest BCUT2D eigenvalue weighted by Gasteiger charge is 2.35. The highest BCUT2D eigenvalue weighted by molar-refractivity contribution is 5.86. The minimum Gasteiger partial charge on any atom is -0.506 e. The lowest BCUT2D eigenvalue weighted by molar-refractivity contribution is -0.137. The lowest BCUT2D eigenvalue weighted by atomic mass is 9.92. The van der Waals surface area contributed by atoms with Gasteiger partial charge in [0.1, 0.15) is 5.75 Å². The number of para-hydroxylation sites is 2. The highest BCUT2D eigenvalue weighted by Crippen LogP contribution is 2.27. The third-order valence-corrected chi connectivity index (χ3v) is 4.48. The Hall–Kier alpha value is -1.75. The second kappa shape index (κ2) is 6.35. The molecule has 1 saturated heterocycles. The van der Waals surface area contributed by atoms with Crippen LogP contribution in [0.15, 0.2) is 24.3 Å². The number of hydrogen-bond donors (Lipinski definition) is 2. The number of aromatic hydroxyl groups is 1. The van der Waals surface area contributed by atoms with Crippen molar-refractivity contribution in [3.8, 4) is 5.75 Å². The third kappa shape index (κ3) is 3.13. The molecule has 3 N–H and O–H groups in total. The van der Waals surface area contributed by atoms with Crippen molar-refractivity contribution in [1.29, 1.82) is 0 Å².